The Morgan fingerprint density at radius 3 is 2.33 bits per heavy atom. The Labute approximate surface area is 82.5 Å². The molecular weight excluding hydrogens is 236 g/mol. The molecule has 0 atom stereocenters. The standard InChI is InChI=1S/C7H6F3O4P/c8-7(9,10)5-2-1-3-6(4-5)14-15(11,12)13/h1-4H,(H2,11,12,13). The predicted octanol–water partition coefficient (Wildman–Crippen LogP) is 2.18. The summed E-state index contributed by atoms with van der Waals surface area (Å²) in [6.07, 6.45) is -4.58. The molecule has 0 saturated carbocycles. The zero-order valence-corrected chi connectivity index (χ0v) is 8.00. The Morgan fingerprint density at radius 2 is 1.87 bits per heavy atom. The van der Waals surface area contributed by atoms with E-state index >= 15 is 0 Å². The molecule has 0 spiro atoms. The second-order valence-corrected chi connectivity index (χ2v) is 3.77. The summed E-state index contributed by atoms with van der Waals surface area (Å²) < 4.78 is 50.8. The van der Waals surface area contributed by atoms with Crippen molar-refractivity contribution in [3.63, 3.8) is 0 Å². The summed E-state index contributed by atoms with van der Waals surface area (Å²) >= 11 is 0. The lowest BCUT2D eigenvalue weighted by molar-refractivity contribution is -0.137. The minimum absolute atomic E-state index is 0.513. The first-order chi connectivity index (χ1) is 6.68. The van der Waals surface area contributed by atoms with Crippen LogP contribution in [-0.2, 0) is 10.7 Å². The minimum atomic E-state index is -4.83. The zero-order chi connectivity index (χ0) is 11.7. The molecule has 0 aromatic heterocycles. The molecule has 0 amide bonds. The minimum Gasteiger partial charge on any atom is -0.404 e. The molecule has 0 radical (unpaired) electrons. The van der Waals surface area contributed by atoms with Crippen molar-refractivity contribution in [1.82, 2.24) is 0 Å². The number of halogens is 3. The summed E-state index contributed by atoms with van der Waals surface area (Å²) in [7, 11) is -4.83. The van der Waals surface area contributed by atoms with Gasteiger partial charge in [0, 0.05) is 0 Å². The topological polar surface area (TPSA) is 66.8 Å². The smallest absolute Gasteiger partial charge is 0.404 e. The highest BCUT2D eigenvalue weighted by Gasteiger charge is 2.31. The van der Waals surface area contributed by atoms with Crippen molar-refractivity contribution in [3.8, 4) is 5.75 Å². The molecule has 15 heavy (non-hydrogen) atoms. The molecule has 84 valence electrons. The molecule has 8 heteroatoms. The van der Waals surface area contributed by atoms with Crippen LogP contribution in [0.4, 0.5) is 13.2 Å². The van der Waals surface area contributed by atoms with Crippen LogP contribution in [0.2, 0.25) is 0 Å². The van der Waals surface area contributed by atoms with Gasteiger partial charge in [-0.05, 0) is 18.2 Å². The van der Waals surface area contributed by atoms with Gasteiger partial charge in [0.2, 0.25) is 0 Å². The summed E-state index contributed by atoms with van der Waals surface area (Å²) in [6.45, 7) is 0. The Bertz CT molecular complexity index is 397. The highest BCUT2D eigenvalue weighted by molar-refractivity contribution is 7.46. The highest BCUT2D eigenvalue weighted by atomic mass is 31.2. The van der Waals surface area contributed by atoms with E-state index < -0.39 is 25.3 Å². The lowest BCUT2D eigenvalue weighted by Gasteiger charge is -2.10. The Morgan fingerprint density at radius 1 is 1.27 bits per heavy atom. The summed E-state index contributed by atoms with van der Waals surface area (Å²) in [5.74, 6) is -0.529. The van der Waals surface area contributed by atoms with E-state index in [4.69, 9.17) is 9.79 Å². The van der Waals surface area contributed by atoms with Crippen molar-refractivity contribution in [2.45, 2.75) is 6.18 Å². The first kappa shape index (κ1) is 12.0. The van der Waals surface area contributed by atoms with Crippen molar-refractivity contribution < 1.29 is 32.0 Å². The van der Waals surface area contributed by atoms with Crippen LogP contribution in [0.3, 0.4) is 0 Å². The first-order valence-electron chi connectivity index (χ1n) is 3.61. The van der Waals surface area contributed by atoms with Gasteiger partial charge in [-0.15, -0.1) is 0 Å². The van der Waals surface area contributed by atoms with E-state index in [0.29, 0.717) is 6.07 Å². The molecule has 1 aromatic rings. The van der Waals surface area contributed by atoms with E-state index in [2.05, 4.69) is 4.52 Å². The van der Waals surface area contributed by atoms with Gasteiger partial charge in [0.1, 0.15) is 5.75 Å². The van der Waals surface area contributed by atoms with Crippen LogP contribution in [0.25, 0.3) is 0 Å². The van der Waals surface area contributed by atoms with Gasteiger partial charge in [0.15, 0.2) is 0 Å². The second-order valence-electron chi connectivity index (χ2n) is 2.61. The van der Waals surface area contributed by atoms with E-state index in [9.17, 15) is 17.7 Å². The van der Waals surface area contributed by atoms with Gasteiger partial charge in [0.25, 0.3) is 0 Å². The average Bonchev–Trinajstić information content (AvgIpc) is 1.99. The summed E-state index contributed by atoms with van der Waals surface area (Å²) in [5.41, 5.74) is -1.03. The van der Waals surface area contributed by atoms with Crippen LogP contribution in [0.5, 0.6) is 5.75 Å². The Kier molecular flexibility index (Phi) is 3.08. The molecule has 1 rings (SSSR count). The zero-order valence-electron chi connectivity index (χ0n) is 7.10. The highest BCUT2D eigenvalue weighted by Crippen LogP contribution is 2.39. The maximum Gasteiger partial charge on any atom is 0.524 e. The third-order valence-electron chi connectivity index (χ3n) is 1.39. The number of alkyl halides is 3. The molecule has 0 fully saturated rings. The molecule has 1 aromatic carbocycles. The molecule has 0 aliphatic carbocycles. The Hall–Kier alpha value is -1.04. The molecule has 0 aliphatic heterocycles. The maximum absolute atomic E-state index is 12.2. The molecule has 4 nitrogen and oxygen atoms in total. The van der Waals surface area contributed by atoms with Gasteiger partial charge in [-0.25, -0.2) is 4.57 Å². The Balaban J connectivity index is 2.99. The summed E-state index contributed by atoms with van der Waals surface area (Å²) in [4.78, 5) is 16.7. The molecule has 0 aliphatic rings. The van der Waals surface area contributed by atoms with Gasteiger partial charge in [-0.2, -0.15) is 13.2 Å². The average molecular weight is 242 g/mol. The lowest BCUT2D eigenvalue weighted by Crippen LogP contribution is -2.04. The molecule has 0 unspecified atom stereocenters. The van der Waals surface area contributed by atoms with Crippen LogP contribution in [0.15, 0.2) is 24.3 Å². The second kappa shape index (κ2) is 3.84. The molecule has 0 bridgehead atoms. The van der Waals surface area contributed by atoms with Crippen molar-refractivity contribution in [2.24, 2.45) is 0 Å². The van der Waals surface area contributed by atoms with Crippen LogP contribution < -0.4 is 4.52 Å². The normalized spacial score (nSPS) is 12.6. The monoisotopic (exact) mass is 242 g/mol. The fourth-order valence-electron chi connectivity index (χ4n) is 0.867. The van der Waals surface area contributed by atoms with Gasteiger partial charge in [-0.3, -0.25) is 9.79 Å². The predicted molar refractivity (Wildman–Crippen MR) is 44.1 cm³/mol. The molecule has 2 N–H and O–H groups in total. The summed E-state index contributed by atoms with van der Waals surface area (Å²) in [6, 6.07) is 3.30. The first-order valence-corrected chi connectivity index (χ1v) is 5.14. The number of hydrogen-bond acceptors (Lipinski definition) is 2. The van der Waals surface area contributed by atoms with E-state index in [0.717, 1.165) is 18.2 Å². The fourth-order valence-corrected chi connectivity index (χ4v) is 1.25. The number of rotatable bonds is 2. The number of benzene rings is 1. The number of phosphoric acid groups is 1. The van der Waals surface area contributed by atoms with Crippen LogP contribution in [-0.4, -0.2) is 9.79 Å². The van der Waals surface area contributed by atoms with E-state index in [1.54, 1.807) is 0 Å². The number of phosphoric ester groups is 1. The summed E-state index contributed by atoms with van der Waals surface area (Å²) in [5, 5.41) is 0. The van der Waals surface area contributed by atoms with Gasteiger partial charge in [0.05, 0.1) is 5.56 Å². The van der Waals surface area contributed by atoms with Gasteiger partial charge < -0.3 is 4.52 Å². The molecule has 0 saturated heterocycles. The van der Waals surface area contributed by atoms with E-state index in [1.165, 1.54) is 0 Å². The van der Waals surface area contributed by atoms with Crippen molar-refractivity contribution >= 4 is 7.82 Å². The maximum atomic E-state index is 12.2. The van der Waals surface area contributed by atoms with Crippen molar-refractivity contribution in [2.75, 3.05) is 0 Å². The fraction of sp³-hybridized carbons (Fsp3) is 0.143. The van der Waals surface area contributed by atoms with Crippen LogP contribution in [0.1, 0.15) is 5.56 Å². The van der Waals surface area contributed by atoms with Gasteiger partial charge >= 0.3 is 14.0 Å². The van der Waals surface area contributed by atoms with E-state index in [1.807, 2.05) is 0 Å². The van der Waals surface area contributed by atoms with Crippen LogP contribution in [0, 0.1) is 0 Å². The van der Waals surface area contributed by atoms with E-state index in [-0.39, 0.29) is 0 Å². The quantitative estimate of drug-likeness (QED) is 0.780. The number of hydrogen-bond donors (Lipinski definition) is 2. The van der Waals surface area contributed by atoms with Crippen molar-refractivity contribution in [1.29, 1.82) is 0 Å². The third-order valence-corrected chi connectivity index (χ3v) is 1.83. The third kappa shape index (κ3) is 3.91. The van der Waals surface area contributed by atoms with Crippen LogP contribution >= 0.6 is 7.82 Å². The molecule has 0 heterocycles. The lowest BCUT2D eigenvalue weighted by atomic mass is 10.2. The largest absolute Gasteiger partial charge is 0.524 e. The molecular formula is C7H6F3O4P. The SMILES string of the molecule is O=P(O)(O)Oc1cccc(C(F)(F)F)c1. The van der Waals surface area contributed by atoms with Crippen molar-refractivity contribution in [3.05, 3.63) is 29.8 Å². The van der Waals surface area contributed by atoms with Gasteiger partial charge in [-0.1, -0.05) is 6.07 Å².